The summed E-state index contributed by atoms with van der Waals surface area (Å²) in [5, 5.41) is 8.65. The number of halogens is 1. The number of para-hydroxylation sites is 1. The van der Waals surface area contributed by atoms with Crippen molar-refractivity contribution in [1.29, 1.82) is 0 Å². The largest absolute Gasteiger partial charge is 0.467 e. The number of esters is 1. The molecule has 2 heterocycles. The Morgan fingerprint density at radius 3 is 2.77 bits per heavy atom. The van der Waals surface area contributed by atoms with E-state index in [0.717, 1.165) is 22.2 Å². The third-order valence-electron chi connectivity index (χ3n) is 4.95. The molecule has 0 fully saturated rings. The molecule has 0 unspecified atom stereocenters. The molecule has 164 valence electrons. The quantitative estimate of drug-likeness (QED) is 0.409. The van der Waals surface area contributed by atoms with Crippen LogP contribution in [0.25, 0.3) is 17.0 Å². The summed E-state index contributed by atoms with van der Waals surface area (Å²) in [6, 6.07) is 6.97. The van der Waals surface area contributed by atoms with Crippen LogP contribution in [0.3, 0.4) is 0 Å². The maximum Gasteiger partial charge on any atom is 0.328 e. The number of carbonyl (C=O) groups excluding carboxylic acids is 2. The highest BCUT2D eigenvalue weighted by Crippen LogP contribution is 2.22. The zero-order valence-corrected chi connectivity index (χ0v) is 18.9. The second-order valence-electron chi connectivity index (χ2n) is 7.85. The number of nitrogens with zero attached hydrogens (tertiary/aromatic N) is 2. The topological polar surface area (TPSA) is 89.0 Å². The van der Waals surface area contributed by atoms with Crippen LogP contribution < -0.4 is 5.32 Å². The van der Waals surface area contributed by atoms with Crippen molar-refractivity contribution in [3.63, 3.8) is 0 Å². The van der Waals surface area contributed by atoms with Crippen LogP contribution in [-0.2, 0) is 27.3 Å². The monoisotopic (exact) mass is 442 g/mol. The molecule has 1 atom stereocenters. The molecular weight excluding hydrogens is 416 g/mol. The molecule has 0 saturated carbocycles. The molecular formula is C23H27ClN4O3. The van der Waals surface area contributed by atoms with Gasteiger partial charge in [-0.3, -0.25) is 9.48 Å². The van der Waals surface area contributed by atoms with Gasteiger partial charge in [-0.15, -0.1) is 0 Å². The van der Waals surface area contributed by atoms with E-state index in [1.807, 2.05) is 37.4 Å². The number of hydrogen-bond donors (Lipinski definition) is 2. The van der Waals surface area contributed by atoms with E-state index < -0.39 is 17.9 Å². The molecule has 3 aromatic rings. The average Bonchev–Trinajstić information content (AvgIpc) is 3.25. The number of aromatic nitrogens is 3. The normalized spacial score (nSPS) is 12.6. The summed E-state index contributed by atoms with van der Waals surface area (Å²) >= 11 is 6.43. The first-order chi connectivity index (χ1) is 14.8. The van der Waals surface area contributed by atoms with Gasteiger partial charge in [0.2, 0.25) is 5.91 Å². The highest BCUT2D eigenvalue weighted by atomic mass is 35.5. The highest BCUT2D eigenvalue weighted by Gasteiger charge is 2.22. The minimum atomic E-state index is -0.818. The van der Waals surface area contributed by atoms with Crippen LogP contribution in [0.2, 0.25) is 5.15 Å². The molecule has 0 aliphatic rings. The molecule has 3 rings (SSSR count). The van der Waals surface area contributed by atoms with E-state index in [1.54, 1.807) is 10.8 Å². The zero-order valence-electron chi connectivity index (χ0n) is 18.1. The molecule has 0 radical (unpaired) electrons. The first-order valence-electron chi connectivity index (χ1n) is 10.1. The van der Waals surface area contributed by atoms with Crippen LogP contribution >= 0.6 is 11.6 Å². The van der Waals surface area contributed by atoms with E-state index in [4.69, 9.17) is 16.3 Å². The van der Waals surface area contributed by atoms with Gasteiger partial charge >= 0.3 is 5.97 Å². The highest BCUT2D eigenvalue weighted by molar-refractivity contribution is 6.31. The summed E-state index contributed by atoms with van der Waals surface area (Å²) in [6.45, 7) is 6.69. The summed E-state index contributed by atoms with van der Waals surface area (Å²) in [5.41, 5.74) is 3.31. The average molecular weight is 443 g/mol. The maximum atomic E-state index is 12.6. The number of H-pyrrole nitrogens is 1. The lowest BCUT2D eigenvalue weighted by Gasteiger charge is -2.15. The molecule has 0 spiro atoms. The van der Waals surface area contributed by atoms with Gasteiger partial charge < -0.3 is 15.0 Å². The van der Waals surface area contributed by atoms with Crippen molar-refractivity contribution in [1.82, 2.24) is 20.1 Å². The Morgan fingerprint density at radius 2 is 2.06 bits per heavy atom. The van der Waals surface area contributed by atoms with Crippen LogP contribution in [0.5, 0.6) is 0 Å². The van der Waals surface area contributed by atoms with Crippen molar-refractivity contribution >= 4 is 40.5 Å². The number of aryl methyl sites for hydroxylation is 1. The molecule has 0 aliphatic carbocycles. The molecule has 0 aliphatic heterocycles. The minimum Gasteiger partial charge on any atom is -0.467 e. The van der Waals surface area contributed by atoms with E-state index in [0.29, 0.717) is 29.6 Å². The molecule has 1 aromatic carbocycles. The number of carbonyl (C=O) groups is 2. The summed E-state index contributed by atoms with van der Waals surface area (Å²) in [6.07, 6.45) is 5.13. The second kappa shape index (κ2) is 9.83. The predicted octanol–water partition coefficient (Wildman–Crippen LogP) is 3.90. The van der Waals surface area contributed by atoms with Gasteiger partial charge in [0.15, 0.2) is 0 Å². The fraction of sp³-hybridized carbons (Fsp3) is 0.348. The third kappa shape index (κ3) is 5.35. The second-order valence-corrected chi connectivity index (χ2v) is 8.21. The van der Waals surface area contributed by atoms with E-state index in [9.17, 15) is 9.59 Å². The number of rotatable bonds is 8. The molecule has 2 N–H and O–H groups in total. The Bertz CT molecular complexity index is 1110. The standard InChI is InChI=1S/C23H27ClN4O3/c1-14(2)13-28-22(24)17(15(3)27-28)9-10-21(29)26-20(23(30)31-4)11-16-12-25-19-8-6-5-7-18(16)19/h5-10,12,14,20,25H,11,13H2,1-4H3,(H,26,29)/b10-9+/t20-/m1/s1. The molecule has 7 nitrogen and oxygen atoms in total. The lowest BCUT2D eigenvalue weighted by molar-refractivity contribution is -0.144. The smallest absolute Gasteiger partial charge is 0.328 e. The van der Waals surface area contributed by atoms with E-state index in [-0.39, 0.29) is 0 Å². The third-order valence-corrected chi connectivity index (χ3v) is 5.35. The van der Waals surface area contributed by atoms with E-state index in [1.165, 1.54) is 13.2 Å². The number of aromatic amines is 1. The fourth-order valence-corrected chi connectivity index (χ4v) is 3.76. The Balaban J connectivity index is 1.74. The first-order valence-corrected chi connectivity index (χ1v) is 10.5. The molecule has 1 amide bonds. The predicted molar refractivity (Wildman–Crippen MR) is 122 cm³/mol. The van der Waals surface area contributed by atoms with Gasteiger partial charge in [-0.2, -0.15) is 5.10 Å². The van der Waals surface area contributed by atoms with Crippen molar-refractivity contribution in [2.75, 3.05) is 7.11 Å². The molecule has 2 aromatic heterocycles. The summed E-state index contributed by atoms with van der Waals surface area (Å²) in [5.74, 6) is -0.532. The van der Waals surface area contributed by atoms with Gasteiger partial charge in [0.25, 0.3) is 0 Å². The summed E-state index contributed by atoms with van der Waals surface area (Å²) in [7, 11) is 1.30. The molecule has 8 heteroatoms. The number of methoxy groups -OCH3 is 1. The lowest BCUT2D eigenvalue weighted by Crippen LogP contribution is -2.42. The van der Waals surface area contributed by atoms with Gasteiger partial charge in [0.05, 0.1) is 12.8 Å². The van der Waals surface area contributed by atoms with Crippen LogP contribution in [0.4, 0.5) is 0 Å². The first kappa shape index (κ1) is 22.6. The van der Waals surface area contributed by atoms with Crippen molar-refractivity contribution in [2.24, 2.45) is 5.92 Å². The van der Waals surface area contributed by atoms with E-state index >= 15 is 0 Å². The Labute approximate surface area is 186 Å². The summed E-state index contributed by atoms with van der Waals surface area (Å²) in [4.78, 5) is 28.0. The van der Waals surface area contributed by atoms with Crippen LogP contribution in [-0.4, -0.2) is 39.8 Å². The van der Waals surface area contributed by atoms with Gasteiger partial charge in [-0.25, -0.2) is 4.79 Å². The SMILES string of the molecule is COC(=O)[C@@H](Cc1c[nH]c2ccccc12)NC(=O)/C=C/c1c(C)nn(CC(C)C)c1Cl. The van der Waals surface area contributed by atoms with Gasteiger partial charge in [-0.05, 0) is 30.5 Å². The molecule has 0 saturated heterocycles. The Kier molecular flexibility index (Phi) is 7.17. The van der Waals surface area contributed by atoms with Gasteiger partial charge in [-0.1, -0.05) is 43.6 Å². The zero-order chi connectivity index (χ0) is 22.5. The molecule has 0 bridgehead atoms. The molecule has 31 heavy (non-hydrogen) atoms. The lowest BCUT2D eigenvalue weighted by atomic mass is 10.0. The van der Waals surface area contributed by atoms with Crippen LogP contribution in [0.15, 0.2) is 36.5 Å². The fourth-order valence-electron chi connectivity index (χ4n) is 3.46. The Hall–Kier alpha value is -3.06. The number of ether oxygens (including phenoxy) is 1. The maximum absolute atomic E-state index is 12.6. The van der Waals surface area contributed by atoms with Crippen molar-refractivity contribution < 1.29 is 14.3 Å². The number of nitrogens with one attached hydrogen (secondary N) is 2. The number of amides is 1. The number of fused-ring (bicyclic) bond motifs is 1. The van der Waals surface area contributed by atoms with Gasteiger partial charge in [0, 0.05) is 41.7 Å². The van der Waals surface area contributed by atoms with Crippen molar-refractivity contribution in [3.05, 3.63) is 58.5 Å². The Morgan fingerprint density at radius 1 is 1.32 bits per heavy atom. The minimum absolute atomic E-state index is 0.308. The number of hydrogen-bond acceptors (Lipinski definition) is 4. The van der Waals surface area contributed by atoms with Crippen molar-refractivity contribution in [3.8, 4) is 0 Å². The van der Waals surface area contributed by atoms with E-state index in [2.05, 4.69) is 29.2 Å². The van der Waals surface area contributed by atoms with Crippen molar-refractivity contribution in [2.45, 2.75) is 39.8 Å². The van der Waals surface area contributed by atoms with Crippen LogP contribution in [0.1, 0.15) is 30.7 Å². The number of benzene rings is 1. The summed E-state index contributed by atoms with van der Waals surface area (Å²) < 4.78 is 6.62. The van der Waals surface area contributed by atoms with Gasteiger partial charge in [0.1, 0.15) is 11.2 Å². The van der Waals surface area contributed by atoms with Crippen LogP contribution in [0, 0.1) is 12.8 Å².